The summed E-state index contributed by atoms with van der Waals surface area (Å²) in [5.41, 5.74) is 0.851. The summed E-state index contributed by atoms with van der Waals surface area (Å²) in [6.07, 6.45) is -4.54. The van der Waals surface area contributed by atoms with Crippen LogP contribution in [0.1, 0.15) is 12.0 Å². The van der Waals surface area contributed by atoms with Crippen molar-refractivity contribution in [1.29, 1.82) is 0 Å². The first-order valence-corrected chi connectivity index (χ1v) is 5.38. The molecule has 1 amide bonds. The summed E-state index contributed by atoms with van der Waals surface area (Å²) in [7, 11) is 0. The Labute approximate surface area is 97.0 Å². The highest BCUT2D eigenvalue weighted by Gasteiger charge is 2.49. The highest BCUT2D eigenvalue weighted by Crippen LogP contribution is 2.34. The van der Waals surface area contributed by atoms with Gasteiger partial charge in [0.05, 0.1) is 0 Å². The number of amides is 1. The van der Waals surface area contributed by atoms with Gasteiger partial charge in [-0.1, -0.05) is 30.3 Å². The Balaban J connectivity index is 2.04. The van der Waals surface area contributed by atoms with Gasteiger partial charge in [0.1, 0.15) is 5.92 Å². The van der Waals surface area contributed by atoms with E-state index < -0.39 is 18.0 Å². The minimum absolute atomic E-state index is 0.130. The maximum atomic E-state index is 12.5. The van der Waals surface area contributed by atoms with Crippen LogP contribution in [0.3, 0.4) is 0 Å². The quantitative estimate of drug-likeness (QED) is 0.781. The maximum absolute atomic E-state index is 12.5. The van der Waals surface area contributed by atoms with Crippen molar-refractivity contribution in [2.24, 2.45) is 5.92 Å². The highest BCUT2D eigenvalue weighted by molar-refractivity contribution is 5.81. The summed E-state index contributed by atoms with van der Waals surface area (Å²) in [6, 6.07) is 9.03. The number of hydrogen-bond acceptors (Lipinski definition) is 1. The number of rotatable bonds is 2. The van der Waals surface area contributed by atoms with E-state index in [9.17, 15) is 18.0 Å². The van der Waals surface area contributed by atoms with Crippen molar-refractivity contribution in [2.75, 3.05) is 6.54 Å². The van der Waals surface area contributed by atoms with Gasteiger partial charge in [0.2, 0.25) is 5.91 Å². The Morgan fingerprint density at radius 1 is 1.24 bits per heavy atom. The molecule has 1 unspecified atom stereocenters. The van der Waals surface area contributed by atoms with Crippen LogP contribution < -0.4 is 0 Å². The molecule has 1 aromatic carbocycles. The molecule has 0 radical (unpaired) electrons. The topological polar surface area (TPSA) is 20.3 Å². The molecule has 0 aliphatic carbocycles. The molecule has 2 rings (SSSR count). The van der Waals surface area contributed by atoms with Crippen LogP contribution >= 0.6 is 0 Å². The van der Waals surface area contributed by atoms with Gasteiger partial charge >= 0.3 is 6.18 Å². The largest absolute Gasteiger partial charge is 0.400 e. The van der Waals surface area contributed by atoms with Crippen molar-refractivity contribution >= 4 is 5.91 Å². The van der Waals surface area contributed by atoms with E-state index >= 15 is 0 Å². The Bertz CT molecular complexity index is 402. The Morgan fingerprint density at radius 3 is 2.41 bits per heavy atom. The molecule has 92 valence electrons. The summed E-state index contributed by atoms with van der Waals surface area (Å²) in [6.45, 7) is 0.435. The molecule has 1 aliphatic rings. The van der Waals surface area contributed by atoms with Crippen molar-refractivity contribution in [1.82, 2.24) is 4.90 Å². The second-order valence-electron chi connectivity index (χ2n) is 4.13. The zero-order valence-corrected chi connectivity index (χ0v) is 9.07. The molecule has 0 bridgehead atoms. The lowest BCUT2D eigenvalue weighted by Gasteiger charge is -2.17. The summed E-state index contributed by atoms with van der Waals surface area (Å²) in [4.78, 5) is 12.8. The van der Waals surface area contributed by atoms with Crippen LogP contribution in [-0.2, 0) is 11.3 Å². The van der Waals surface area contributed by atoms with Crippen LogP contribution in [0.2, 0.25) is 0 Å². The van der Waals surface area contributed by atoms with Gasteiger partial charge in [-0.3, -0.25) is 4.79 Å². The van der Waals surface area contributed by atoms with Crippen LogP contribution in [-0.4, -0.2) is 23.5 Å². The first-order chi connectivity index (χ1) is 7.98. The second kappa shape index (κ2) is 4.39. The lowest BCUT2D eigenvalue weighted by molar-refractivity contribution is -0.181. The maximum Gasteiger partial charge on any atom is 0.400 e. The lowest BCUT2D eigenvalue weighted by Crippen LogP contribution is -2.33. The van der Waals surface area contributed by atoms with E-state index in [1.54, 1.807) is 24.3 Å². The number of alkyl halides is 3. The SMILES string of the molecule is O=C1C(C(F)(F)F)CCN1Cc1ccccc1. The number of carbonyl (C=O) groups is 1. The monoisotopic (exact) mass is 243 g/mol. The molecule has 0 spiro atoms. The average molecular weight is 243 g/mol. The first-order valence-electron chi connectivity index (χ1n) is 5.38. The zero-order valence-electron chi connectivity index (χ0n) is 9.07. The van der Waals surface area contributed by atoms with Crippen molar-refractivity contribution in [3.63, 3.8) is 0 Å². The number of benzene rings is 1. The molecule has 0 aromatic heterocycles. The van der Waals surface area contributed by atoms with Gasteiger partial charge in [-0.05, 0) is 12.0 Å². The Kier molecular flexibility index (Phi) is 3.09. The minimum Gasteiger partial charge on any atom is -0.338 e. The van der Waals surface area contributed by atoms with Crippen LogP contribution in [0.5, 0.6) is 0 Å². The number of halogens is 3. The van der Waals surface area contributed by atoms with Gasteiger partial charge in [-0.25, -0.2) is 0 Å². The molecule has 2 nitrogen and oxygen atoms in total. The Morgan fingerprint density at radius 2 is 1.88 bits per heavy atom. The van der Waals surface area contributed by atoms with Crippen molar-refractivity contribution in [2.45, 2.75) is 19.1 Å². The van der Waals surface area contributed by atoms with Gasteiger partial charge in [0.15, 0.2) is 0 Å². The predicted octanol–water partition coefficient (Wildman–Crippen LogP) is 2.60. The van der Waals surface area contributed by atoms with E-state index in [1.807, 2.05) is 6.07 Å². The summed E-state index contributed by atoms with van der Waals surface area (Å²) < 4.78 is 37.4. The molecule has 17 heavy (non-hydrogen) atoms. The zero-order chi connectivity index (χ0) is 12.5. The summed E-state index contributed by atoms with van der Waals surface area (Å²) in [5, 5.41) is 0. The molecular formula is C12H12F3NO. The van der Waals surface area contributed by atoms with E-state index in [1.165, 1.54) is 4.90 Å². The van der Waals surface area contributed by atoms with Gasteiger partial charge in [-0.15, -0.1) is 0 Å². The average Bonchev–Trinajstić information content (AvgIpc) is 2.61. The smallest absolute Gasteiger partial charge is 0.338 e. The molecular weight excluding hydrogens is 231 g/mol. The Hall–Kier alpha value is -1.52. The molecule has 1 aliphatic heterocycles. The van der Waals surface area contributed by atoms with E-state index in [-0.39, 0.29) is 19.5 Å². The fourth-order valence-corrected chi connectivity index (χ4v) is 2.00. The fourth-order valence-electron chi connectivity index (χ4n) is 2.00. The van der Waals surface area contributed by atoms with E-state index in [4.69, 9.17) is 0 Å². The third-order valence-electron chi connectivity index (χ3n) is 2.91. The second-order valence-corrected chi connectivity index (χ2v) is 4.13. The molecule has 0 N–H and O–H groups in total. The van der Waals surface area contributed by atoms with Crippen LogP contribution in [0.4, 0.5) is 13.2 Å². The van der Waals surface area contributed by atoms with Gasteiger partial charge < -0.3 is 4.90 Å². The first kappa shape index (κ1) is 12.0. The van der Waals surface area contributed by atoms with E-state index in [2.05, 4.69) is 0 Å². The molecule has 1 heterocycles. The van der Waals surface area contributed by atoms with Crippen LogP contribution in [0.15, 0.2) is 30.3 Å². The van der Waals surface area contributed by atoms with E-state index in [0.717, 1.165) is 5.56 Å². The molecule has 1 atom stereocenters. The highest BCUT2D eigenvalue weighted by atomic mass is 19.4. The van der Waals surface area contributed by atoms with Gasteiger partial charge in [0.25, 0.3) is 0 Å². The fraction of sp³-hybridized carbons (Fsp3) is 0.417. The van der Waals surface area contributed by atoms with Crippen molar-refractivity contribution in [3.8, 4) is 0 Å². The van der Waals surface area contributed by atoms with E-state index in [0.29, 0.717) is 0 Å². The van der Waals surface area contributed by atoms with Crippen LogP contribution in [0.25, 0.3) is 0 Å². The normalized spacial score (nSPS) is 21.0. The van der Waals surface area contributed by atoms with Gasteiger partial charge in [-0.2, -0.15) is 13.2 Å². The molecule has 1 fully saturated rings. The third-order valence-corrected chi connectivity index (χ3v) is 2.91. The minimum atomic E-state index is -4.41. The standard InChI is InChI=1S/C12H12F3NO/c13-12(14,15)10-6-7-16(11(10)17)8-9-4-2-1-3-5-9/h1-5,10H,6-8H2. The molecule has 1 aromatic rings. The summed E-state index contributed by atoms with van der Waals surface area (Å²) >= 11 is 0. The number of likely N-dealkylation sites (tertiary alicyclic amines) is 1. The molecule has 1 saturated heterocycles. The summed E-state index contributed by atoms with van der Waals surface area (Å²) in [5.74, 6) is -2.62. The van der Waals surface area contributed by atoms with Crippen LogP contribution in [0, 0.1) is 5.92 Å². The molecule has 0 saturated carbocycles. The number of carbonyl (C=O) groups excluding carboxylic acids is 1. The van der Waals surface area contributed by atoms with Crippen molar-refractivity contribution < 1.29 is 18.0 Å². The number of hydrogen-bond donors (Lipinski definition) is 0. The predicted molar refractivity (Wildman–Crippen MR) is 56.0 cm³/mol. The lowest BCUT2D eigenvalue weighted by atomic mass is 10.1. The van der Waals surface area contributed by atoms with Crippen molar-refractivity contribution in [3.05, 3.63) is 35.9 Å². The number of nitrogens with zero attached hydrogens (tertiary/aromatic N) is 1. The molecule has 5 heteroatoms. The third kappa shape index (κ3) is 2.60. The van der Waals surface area contributed by atoms with Gasteiger partial charge in [0, 0.05) is 13.1 Å².